The summed E-state index contributed by atoms with van der Waals surface area (Å²) in [6.07, 6.45) is 3.06. The molecule has 1 saturated heterocycles. The second-order valence-corrected chi connectivity index (χ2v) is 4.57. The number of halogens is 1. The topological polar surface area (TPSA) is 44.8 Å². The van der Waals surface area contributed by atoms with E-state index in [1.165, 1.54) is 0 Å². The van der Waals surface area contributed by atoms with Crippen LogP contribution in [-0.2, 0) is 19.0 Å². The van der Waals surface area contributed by atoms with Crippen LogP contribution >= 0.6 is 11.6 Å². The number of hydrogen-bond donors (Lipinski definition) is 0. The number of carbonyl (C=O) groups excluding carboxylic acids is 1. The van der Waals surface area contributed by atoms with Crippen LogP contribution in [0.2, 0.25) is 5.02 Å². The van der Waals surface area contributed by atoms with Gasteiger partial charge in [-0.2, -0.15) is 0 Å². The molecule has 1 aromatic rings. The van der Waals surface area contributed by atoms with Crippen molar-refractivity contribution in [3.63, 3.8) is 0 Å². The molecule has 0 radical (unpaired) electrons. The van der Waals surface area contributed by atoms with E-state index in [2.05, 4.69) is 0 Å². The number of esters is 1. The monoisotopic (exact) mass is 278 g/mol. The molecule has 19 heavy (non-hydrogen) atoms. The van der Waals surface area contributed by atoms with Gasteiger partial charge in [-0.15, -0.1) is 0 Å². The molecule has 4 nitrogen and oxygen atoms in total. The van der Waals surface area contributed by atoms with Gasteiger partial charge >= 0.3 is 5.97 Å². The molecule has 0 N–H and O–H groups in total. The van der Waals surface area contributed by atoms with Gasteiger partial charge in [0.1, 0.15) is 24.9 Å². The molecule has 98 valence electrons. The van der Waals surface area contributed by atoms with E-state index in [1.54, 1.807) is 24.3 Å². The first-order chi connectivity index (χ1) is 9.24. The van der Waals surface area contributed by atoms with Crippen LogP contribution in [0, 0.1) is 0 Å². The summed E-state index contributed by atoms with van der Waals surface area (Å²) >= 11 is 5.82. The highest BCUT2D eigenvalue weighted by molar-refractivity contribution is 6.30. The van der Waals surface area contributed by atoms with Crippen LogP contribution in [0.4, 0.5) is 0 Å². The third-order valence-corrected chi connectivity index (χ3v) is 3.11. The summed E-state index contributed by atoms with van der Waals surface area (Å²) in [7, 11) is 0. The summed E-state index contributed by atoms with van der Waals surface area (Å²) < 4.78 is 15.8. The second kappa shape index (κ2) is 4.97. The number of rotatable bonds is 1. The van der Waals surface area contributed by atoms with Gasteiger partial charge < -0.3 is 14.2 Å². The zero-order chi connectivity index (χ0) is 13.2. The molecule has 1 unspecified atom stereocenters. The van der Waals surface area contributed by atoms with E-state index < -0.39 is 12.1 Å². The summed E-state index contributed by atoms with van der Waals surface area (Å²) in [5.41, 5.74) is 1.19. The first-order valence-electron chi connectivity index (χ1n) is 5.88. The number of cyclic esters (lactones) is 1. The largest absolute Gasteiger partial charge is 0.461 e. The van der Waals surface area contributed by atoms with Gasteiger partial charge in [-0.25, -0.2) is 4.79 Å². The van der Waals surface area contributed by atoms with Gasteiger partial charge in [0.2, 0.25) is 0 Å². The molecule has 2 aliphatic heterocycles. The van der Waals surface area contributed by atoms with Crippen molar-refractivity contribution >= 4 is 17.6 Å². The molecule has 0 amide bonds. The molecule has 0 aromatic heterocycles. The minimum absolute atomic E-state index is 0.246. The Morgan fingerprint density at radius 2 is 1.79 bits per heavy atom. The summed E-state index contributed by atoms with van der Waals surface area (Å²) in [5, 5.41) is 0.644. The van der Waals surface area contributed by atoms with Crippen molar-refractivity contribution in [1.29, 1.82) is 0 Å². The fourth-order valence-electron chi connectivity index (χ4n) is 1.92. The number of ether oxygens (including phenoxy) is 3. The summed E-state index contributed by atoms with van der Waals surface area (Å²) in [4.78, 5) is 11.9. The van der Waals surface area contributed by atoms with Crippen molar-refractivity contribution < 1.29 is 19.0 Å². The van der Waals surface area contributed by atoms with Crippen molar-refractivity contribution in [3.05, 3.63) is 58.5 Å². The lowest BCUT2D eigenvalue weighted by atomic mass is 10.1. The van der Waals surface area contributed by atoms with E-state index in [0.717, 1.165) is 5.56 Å². The van der Waals surface area contributed by atoms with E-state index in [1.807, 2.05) is 12.1 Å². The lowest BCUT2D eigenvalue weighted by molar-refractivity contribution is -0.143. The first-order valence-corrected chi connectivity index (χ1v) is 6.26. The maximum Gasteiger partial charge on any atom is 0.346 e. The smallest absolute Gasteiger partial charge is 0.346 e. The molecule has 1 aromatic carbocycles. The molecule has 0 aliphatic carbocycles. The van der Waals surface area contributed by atoms with E-state index in [9.17, 15) is 4.79 Å². The Morgan fingerprint density at radius 3 is 2.42 bits per heavy atom. The minimum atomic E-state index is -0.445. The Kier molecular flexibility index (Phi) is 3.17. The van der Waals surface area contributed by atoms with Gasteiger partial charge in [-0.3, -0.25) is 0 Å². The Labute approximate surface area is 115 Å². The van der Waals surface area contributed by atoms with Gasteiger partial charge in [0.15, 0.2) is 0 Å². The third-order valence-electron chi connectivity index (χ3n) is 2.86. The Hall–Kier alpha value is -1.94. The maximum absolute atomic E-state index is 11.9. The minimum Gasteiger partial charge on any atom is -0.461 e. The first kappa shape index (κ1) is 12.1. The molecule has 0 saturated carbocycles. The van der Waals surface area contributed by atoms with Crippen LogP contribution in [0.25, 0.3) is 0 Å². The predicted molar refractivity (Wildman–Crippen MR) is 68.4 cm³/mol. The fourth-order valence-corrected chi connectivity index (χ4v) is 2.04. The number of carbonyl (C=O) groups is 1. The second-order valence-electron chi connectivity index (χ2n) is 4.13. The van der Waals surface area contributed by atoms with E-state index in [0.29, 0.717) is 23.8 Å². The molecule has 2 heterocycles. The fraction of sp³-hybridized carbons (Fsp3) is 0.214. The van der Waals surface area contributed by atoms with Crippen LogP contribution < -0.4 is 0 Å². The van der Waals surface area contributed by atoms with Crippen molar-refractivity contribution in [1.82, 2.24) is 0 Å². The summed E-state index contributed by atoms with van der Waals surface area (Å²) in [5.74, 6) is -0.199. The van der Waals surface area contributed by atoms with Gasteiger partial charge in [0.25, 0.3) is 5.95 Å². The zero-order valence-electron chi connectivity index (χ0n) is 9.97. The van der Waals surface area contributed by atoms with Crippen LogP contribution in [0.1, 0.15) is 11.7 Å². The quantitative estimate of drug-likeness (QED) is 0.585. The van der Waals surface area contributed by atoms with Crippen molar-refractivity contribution in [3.8, 4) is 0 Å². The summed E-state index contributed by atoms with van der Waals surface area (Å²) in [6.45, 7) is 0.918. The standard InChI is InChI=1S/C14H11ClO4/c15-10-3-1-9(2-4-10)12-6-5-11(13(16)19-12)14-17-7-8-18-14/h1-6,12H,7-8H2. The van der Waals surface area contributed by atoms with Crippen molar-refractivity contribution in [2.75, 3.05) is 13.2 Å². The van der Waals surface area contributed by atoms with E-state index >= 15 is 0 Å². The zero-order valence-corrected chi connectivity index (χ0v) is 10.7. The molecule has 1 fully saturated rings. The van der Waals surface area contributed by atoms with Crippen LogP contribution in [-0.4, -0.2) is 19.2 Å². The van der Waals surface area contributed by atoms with Gasteiger partial charge in [-0.05, 0) is 29.8 Å². The van der Waals surface area contributed by atoms with Crippen LogP contribution in [0.3, 0.4) is 0 Å². The maximum atomic E-state index is 11.9. The van der Waals surface area contributed by atoms with E-state index in [4.69, 9.17) is 25.8 Å². The van der Waals surface area contributed by atoms with Crippen LogP contribution in [0.15, 0.2) is 47.9 Å². The van der Waals surface area contributed by atoms with Crippen LogP contribution in [0.5, 0.6) is 0 Å². The Morgan fingerprint density at radius 1 is 1.11 bits per heavy atom. The van der Waals surface area contributed by atoms with E-state index in [-0.39, 0.29) is 5.95 Å². The highest BCUT2D eigenvalue weighted by Crippen LogP contribution is 2.28. The molecular weight excluding hydrogens is 268 g/mol. The molecule has 1 atom stereocenters. The molecule has 5 heteroatoms. The molecule has 3 rings (SSSR count). The molecular formula is C14H11ClO4. The molecule has 2 aliphatic rings. The number of benzene rings is 1. The van der Waals surface area contributed by atoms with Crippen molar-refractivity contribution in [2.45, 2.75) is 6.10 Å². The SMILES string of the molecule is O=C1OC(c2ccc(Cl)cc2)C=CC1=C1OCCO1. The van der Waals surface area contributed by atoms with Gasteiger partial charge in [0, 0.05) is 5.02 Å². The lowest BCUT2D eigenvalue weighted by Crippen LogP contribution is -2.17. The van der Waals surface area contributed by atoms with Gasteiger partial charge in [-0.1, -0.05) is 23.7 Å². The number of hydrogen-bond acceptors (Lipinski definition) is 4. The molecule has 0 bridgehead atoms. The normalized spacial score (nSPS) is 21.9. The average molecular weight is 279 g/mol. The van der Waals surface area contributed by atoms with Crippen molar-refractivity contribution in [2.24, 2.45) is 0 Å². The Balaban J connectivity index is 1.85. The van der Waals surface area contributed by atoms with Gasteiger partial charge in [0.05, 0.1) is 0 Å². The highest BCUT2D eigenvalue weighted by Gasteiger charge is 2.27. The summed E-state index contributed by atoms with van der Waals surface area (Å²) in [6, 6.07) is 7.17. The average Bonchev–Trinajstić information content (AvgIpc) is 2.93. The highest BCUT2D eigenvalue weighted by atomic mass is 35.5. The predicted octanol–water partition coefficient (Wildman–Crippen LogP) is 2.75. The molecule has 0 spiro atoms. The Bertz CT molecular complexity index is 551. The lowest BCUT2D eigenvalue weighted by Gasteiger charge is -2.19. The third kappa shape index (κ3) is 2.44.